The van der Waals surface area contributed by atoms with Gasteiger partial charge in [0.25, 0.3) is 0 Å². The molecule has 1 N–H and O–H groups in total. The van der Waals surface area contributed by atoms with Crippen molar-refractivity contribution in [2.24, 2.45) is 0 Å². The lowest BCUT2D eigenvalue weighted by molar-refractivity contribution is -0.140. The van der Waals surface area contributed by atoms with E-state index in [1.165, 1.54) is 0 Å². The number of hydrogen-bond donors (Lipinski definition) is 1. The van der Waals surface area contributed by atoms with E-state index >= 15 is 0 Å². The van der Waals surface area contributed by atoms with Crippen molar-refractivity contribution in [3.63, 3.8) is 0 Å². The van der Waals surface area contributed by atoms with Gasteiger partial charge in [0, 0.05) is 63.4 Å². The van der Waals surface area contributed by atoms with Crippen LogP contribution in [0.25, 0.3) is 0 Å². The van der Waals surface area contributed by atoms with Crippen molar-refractivity contribution in [3.8, 4) is 0 Å². The molecule has 0 aliphatic heterocycles. The van der Waals surface area contributed by atoms with Gasteiger partial charge in [-0.05, 0) is 60.8 Å². The van der Waals surface area contributed by atoms with Crippen LogP contribution >= 0.6 is 0 Å². The van der Waals surface area contributed by atoms with E-state index in [4.69, 9.17) is 31.3 Å². The second kappa shape index (κ2) is 19.1. The summed E-state index contributed by atoms with van der Waals surface area (Å²) in [5.41, 5.74) is 0.0860. The molecule has 0 unspecified atom stereocenters. The van der Waals surface area contributed by atoms with Gasteiger partial charge >= 0.3 is 29.5 Å². The minimum Gasteiger partial charge on any atom is -0.478 e. The minimum absolute atomic E-state index is 0.0860. The molecule has 34 heavy (non-hydrogen) atoms. The summed E-state index contributed by atoms with van der Waals surface area (Å²) < 4.78 is 40.2. The van der Waals surface area contributed by atoms with Crippen molar-refractivity contribution in [2.45, 2.75) is 72.9 Å². The Bertz CT molecular complexity index is 566. The molecular formula is C22H44O10Si2. The largest absolute Gasteiger partial charge is 0.501 e. The zero-order valence-corrected chi connectivity index (χ0v) is 23.7. The van der Waals surface area contributed by atoms with Gasteiger partial charge in [-0.2, -0.15) is 0 Å². The van der Waals surface area contributed by atoms with Crippen LogP contribution in [0.1, 0.15) is 60.8 Å². The standard InChI is InChI=1S/C22H44O10Si2/c1-7-27-33(28-8-2,29-9-3)17-13-15-20(19-21(23)24)22(25)26-16-14-18-34(30-10-4,31-11-5)32-12-6/h19H,7-18H2,1-6H3,(H,23,24)/b20-19+. The molecule has 200 valence electrons. The fraction of sp³-hybridized carbons (Fsp3) is 0.818. The number of rotatable bonds is 22. The Morgan fingerprint density at radius 2 is 1.06 bits per heavy atom. The van der Waals surface area contributed by atoms with Crippen molar-refractivity contribution in [2.75, 3.05) is 46.2 Å². The van der Waals surface area contributed by atoms with Crippen LogP contribution < -0.4 is 0 Å². The number of ether oxygens (including phenoxy) is 1. The van der Waals surface area contributed by atoms with Gasteiger partial charge in [-0.25, -0.2) is 9.59 Å². The summed E-state index contributed by atoms with van der Waals surface area (Å²) >= 11 is 0. The summed E-state index contributed by atoms with van der Waals surface area (Å²) in [6, 6.07) is 0.969. The lowest BCUT2D eigenvalue weighted by atomic mass is 10.1. The van der Waals surface area contributed by atoms with Crippen molar-refractivity contribution in [3.05, 3.63) is 11.6 Å². The van der Waals surface area contributed by atoms with Crippen molar-refractivity contribution in [1.29, 1.82) is 0 Å². The Balaban J connectivity index is 5.00. The van der Waals surface area contributed by atoms with Crippen LogP contribution in [0.3, 0.4) is 0 Å². The number of carbonyl (C=O) groups is 2. The molecule has 0 radical (unpaired) electrons. The number of esters is 1. The third kappa shape index (κ3) is 13.1. The zero-order valence-electron chi connectivity index (χ0n) is 21.7. The number of carbonyl (C=O) groups excluding carboxylic acids is 1. The molecule has 0 fully saturated rings. The maximum atomic E-state index is 12.6. The van der Waals surface area contributed by atoms with Gasteiger partial charge in [0.1, 0.15) is 0 Å². The molecule has 0 amide bonds. The molecule has 0 aromatic carbocycles. The molecule has 0 saturated carbocycles. The van der Waals surface area contributed by atoms with Crippen LogP contribution in [0.2, 0.25) is 12.1 Å². The van der Waals surface area contributed by atoms with Gasteiger partial charge in [-0.15, -0.1) is 0 Å². The molecule has 10 nitrogen and oxygen atoms in total. The molecule has 0 atom stereocenters. The van der Waals surface area contributed by atoms with Gasteiger partial charge < -0.3 is 36.4 Å². The molecule has 0 aliphatic carbocycles. The molecule has 0 rings (SSSR count). The van der Waals surface area contributed by atoms with E-state index in [2.05, 4.69) is 0 Å². The summed E-state index contributed by atoms with van der Waals surface area (Å²) in [6.07, 6.45) is 2.05. The van der Waals surface area contributed by atoms with Crippen LogP contribution in [0, 0.1) is 0 Å². The van der Waals surface area contributed by atoms with E-state index in [1.54, 1.807) is 0 Å². The van der Waals surface area contributed by atoms with Crippen LogP contribution in [-0.4, -0.2) is 80.9 Å². The predicted octanol–water partition coefficient (Wildman–Crippen LogP) is 3.81. The minimum atomic E-state index is -2.88. The summed E-state index contributed by atoms with van der Waals surface area (Å²) in [4.78, 5) is 23.9. The topological polar surface area (TPSA) is 119 Å². The van der Waals surface area contributed by atoms with E-state index in [9.17, 15) is 14.7 Å². The van der Waals surface area contributed by atoms with E-state index in [-0.39, 0.29) is 18.6 Å². The Kier molecular flexibility index (Phi) is 18.5. The van der Waals surface area contributed by atoms with Gasteiger partial charge in [-0.3, -0.25) is 0 Å². The number of aliphatic carboxylic acids is 1. The summed E-state index contributed by atoms with van der Waals surface area (Å²) in [6.45, 7) is 14.1. The van der Waals surface area contributed by atoms with Gasteiger partial charge in [0.15, 0.2) is 0 Å². The molecule has 0 aromatic heterocycles. The number of carboxylic acids is 1. The maximum Gasteiger partial charge on any atom is 0.501 e. The monoisotopic (exact) mass is 524 g/mol. The molecule has 0 aromatic rings. The van der Waals surface area contributed by atoms with E-state index in [0.29, 0.717) is 64.6 Å². The Morgan fingerprint density at radius 3 is 1.41 bits per heavy atom. The zero-order chi connectivity index (χ0) is 25.9. The Hall–Kier alpha value is -1.13. The summed E-state index contributed by atoms with van der Waals surface area (Å²) in [5.74, 6) is -1.86. The maximum absolute atomic E-state index is 12.6. The SMILES string of the molecule is CCO[Si](CCCOC(=O)/C(=C/C(=O)O)CCC[Si](OCC)(OCC)OCC)(OCC)OCC. The third-order valence-electron chi connectivity index (χ3n) is 4.53. The molecule has 0 spiro atoms. The van der Waals surface area contributed by atoms with Crippen molar-refractivity contribution < 1.29 is 46.0 Å². The molecule has 12 heteroatoms. The van der Waals surface area contributed by atoms with Crippen LogP contribution in [0.5, 0.6) is 0 Å². The first kappa shape index (κ1) is 32.9. The van der Waals surface area contributed by atoms with Crippen LogP contribution in [-0.2, 0) is 40.9 Å². The molecule has 0 aliphatic rings. The average Bonchev–Trinajstić information content (AvgIpc) is 2.77. The summed E-state index contributed by atoms with van der Waals surface area (Å²) in [5, 5.41) is 9.21. The Morgan fingerprint density at radius 1 is 0.676 bits per heavy atom. The highest BCUT2D eigenvalue weighted by Crippen LogP contribution is 2.22. The van der Waals surface area contributed by atoms with E-state index in [1.807, 2.05) is 41.5 Å². The van der Waals surface area contributed by atoms with Crippen molar-refractivity contribution >= 4 is 29.5 Å². The first-order valence-corrected chi connectivity index (χ1v) is 16.1. The highest BCUT2D eigenvalue weighted by molar-refractivity contribution is 6.61. The average molecular weight is 525 g/mol. The molecular weight excluding hydrogens is 480 g/mol. The smallest absolute Gasteiger partial charge is 0.478 e. The van der Waals surface area contributed by atoms with Gasteiger partial charge in [0.05, 0.1) is 6.61 Å². The molecule has 0 saturated heterocycles. The van der Waals surface area contributed by atoms with E-state index in [0.717, 1.165) is 6.08 Å². The van der Waals surface area contributed by atoms with E-state index < -0.39 is 29.5 Å². The lowest BCUT2D eigenvalue weighted by Gasteiger charge is -2.28. The van der Waals surface area contributed by atoms with Crippen LogP contribution in [0.4, 0.5) is 0 Å². The Labute approximate surface area is 206 Å². The second-order valence-electron chi connectivity index (χ2n) is 7.06. The summed E-state index contributed by atoms with van der Waals surface area (Å²) in [7, 11) is -5.70. The predicted molar refractivity (Wildman–Crippen MR) is 131 cm³/mol. The van der Waals surface area contributed by atoms with Gasteiger partial charge in [-0.1, -0.05) is 0 Å². The fourth-order valence-corrected chi connectivity index (χ4v) is 8.62. The third-order valence-corrected chi connectivity index (χ3v) is 10.8. The lowest BCUT2D eigenvalue weighted by Crippen LogP contribution is -2.46. The number of hydrogen-bond acceptors (Lipinski definition) is 9. The molecule has 0 bridgehead atoms. The fourth-order valence-electron chi connectivity index (χ4n) is 3.43. The first-order valence-electron chi connectivity index (χ1n) is 12.2. The van der Waals surface area contributed by atoms with Crippen LogP contribution in [0.15, 0.2) is 11.6 Å². The highest BCUT2D eigenvalue weighted by Gasteiger charge is 2.40. The number of carboxylic acid groups (broad SMARTS) is 1. The van der Waals surface area contributed by atoms with Crippen molar-refractivity contribution in [1.82, 2.24) is 0 Å². The first-order chi connectivity index (χ1) is 16.3. The second-order valence-corrected chi connectivity index (χ2v) is 12.5. The highest BCUT2D eigenvalue weighted by atomic mass is 28.4. The normalized spacial score (nSPS) is 12.7. The quantitative estimate of drug-likeness (QED) is 0.0969. The molecule has 0 heterocycles. The van der Waals surface area contributed by atoms with Gasteiger partial charge in [0.2, 0.25) is 0 Å².